The van der Waals surface area contributed by atoms with E-state index in [-0.39, 0.29) is 6.04 Å². The van der Waals surface area contributed by atoms with Gasteiger partial charge in [0.2, 0.25) is 0 Å². The van der Waals surface area contributed by atoms with E-state index in [0.29, 0.717) is 6.04 Å². The Bertz CT molecular complexity index is 687. The van der Waals surface area contributed by atoms with E-state index >= 15 is 0 Å². The van der Waals surface area contributed by atoms with Crippen molar-refractivity contribution in [1.82, 2.24) is 0 Å². The predicted octanol–water partition coefficient (Wildman–Crippen LogP) is 5.00. The van der Waals surface area contributed by atoms with Gasteiger partial charge in [-0.1, -0.05) is 61.7 Å². The molecule has 0 amide bonds. The average molecular weight is 305 g/mol. The molecule has 2 aliphatic rings. The van der Waals surface area contributed by atoms with Crippen LogP contribution in [-0.2, 0) is 0 Å². The highest BCUT2D eigenvalue weighted by Gasteiger charge is 2.26. The highest BCUT2D eigenvalue weighted by atomic mass is 15.1. The molecule has 1 unspecified atom stereocenters. The normalized spacial score (nSPS) is 23.0. The van der Waals surface area contributed by atoms with E-state index in [1.165, 1.54) is 37.7 Å². The number of aliphatic imine (C=N–C) groups is 1. The van der Waals surface area contributed by atoms with E-state index in [1.807, 2.05) is 0 Å². The Hall–Kier alpha value is -2.29. The van der Waals surface area contributed by atoms with Crippen molar-refractivity contribution in [1.29, 1.82) is 0 Å². The van der Waals surface area contributed by atoms with Gasteiger partial charge in [0, 0.05) is 0 Å². The highest BCUT2D eigenvalue weighted by molar-refractivity contribution is 6.06. The van der Waals surface area contributed by atoms with Crippen LogP contribution in [0, 0.1) is 0 Å². The van der Waals surface area contributed by atoms with E-state index in [9.17, 15) is 0 Å². The van der Waals surface area contributed by atoms with Crippen molar-refractivity contribution in [3.05, 3.63) is 60.2 Å². The lowest BCUT2D eigenvalue weighted by molar-refractivity contribution is 0.442. The summed E-state index contributed by atoms with van der Waals surface area (Å²) in [5.41, 5.74) is 3.52. The van der Waals surface area contributed by atoms with E-state index in [4.69, 9.17) is 4.99 Å². The first-order valence-corrected chi connectivity index (χ1v) is 8.65. The minimum atomic E-state index is 0.105. The zero-order chi connectivity index (χ0) is 15.5. The summed E-state index contributed by atoms with van der Waals surface area (Å²) < 4.78 is 0. The molecule has 23 heavy (non-hydrogen) atoms. The first-order valence-electron chi connectivity index (χ1n) is 8.65. The van der Waals surface area contributed by atoms with Gasteiger partial charge in [-0.05, 0) is 30.5 Å². The van der Waals surface area contributed by atoms with Gasteiger partial charge in [-0.3, -0.25) is 4.99 Å². The summed E-state index contributed by atoms with van der Waals surface area (Å²) in [5, 5.41) is 7.24. The maximum absolute atomic E-state index is 5.09. The molecule has 0 aromatic heterocycles. The van der Waals surface area contributed by atoms with Gasteiger partial charge in [-0.2, -0.15) is 0 Å². The monoisotopic (exact) mass is 305 g/mol. The summed E-state index contributed by atoms with van der Waals surface area (Å²) in [5.74, 6) is 1.06. The van der Waals surface area contributed by atoms with Crippen LogP contribution in [0.25, 0.3) is 0 Å². The van der Waals surface area contributed by atoms with E-state index in [0.717, 1.165) is 17.2 Å². The quantitative estimate of drug-likeness (QED) is 0.819. The Morgan fingerprint density at radius 3 is 2.26 bits per heavy atom. The SMILES string of the molecule is c1ccc(C2Nc3ccccc3NC2=NC2CCCCC2)cc1. The van der Waals surface area contributed by atoms with Crippen LogP contribution >= 0.6 is 0 Å². The zero-order valence-electron chi connectivity index (χ0n) is 13.3. The van der Waals surface area contributed by atoms with Crippen LogP contribution in [0.3, 0.4) is 0 Å². The molecule has 1 aliphatic heterocycles. The van der Waals surface area contributed by atoms with Crippen molar-refractivity contribution in [3.63, 3.8) is 0 Å². The number of para-hydroxylation sites is 2. The molecule has 2 aromatic carbocycles. The van der Waals surface area contributed by atoms with Gasteiger partial charge in [0.25, 0.3) is 0 Å². The van der Waals surface area contributed by atoms with Crippen LogP contribution in [0.4, 0.5) is 11.4 Å². The third-order valence-corrected chi connectivity index (χ3v) is 4.79. The molecule has 0 radical (unpaired) electrons. The number of benzene rings is 2. The lowest BCUT2D eigenvalue weighted by atomic mass is 9.95. The van der Waals surface area contributed by atoms with Gasteiger partial charge in [0.1, 0.15) is 11.9 Å². The number of nitrogens with one attached hydrogen (secondary N) is 2. The Morgan fingerprint density at radius 1 is 0.783 bits per heavy atom. The fourth-order valence-electron chi connectivity index (χ4n) is 3.55. The van der Waals surface area contributed by atoms with Crippen LogP contribution in [0.15, 0.2) is 59.6 Å². The zero-order valence-corrected chi connectivity index (χ0v) is 13.3. The van der Waals surface area contributed by atoms with Crippen molar-refractivity contribution in [3.8, 4) is 0 Å². The Labute approximate surface area is 137 Å². The summed E-state index contributed by atoms with van der Waals surface area (Å²) in [6.07, 6.45) is 6.41. The van der Waals surface area contributed by atoms with Gasteiger partial charge in [0.05, 0.1) is 17.4 Å². The second-order valence-electron chi connectivity index (χ2n) is 6.46. The van der Waals surface area contributed by atoms with E-state index < -0.39 is 0 Å². The second kappa shape index (κ2) is 6.45. The molecule has 0 bridgehead atoms. The van der Waals surface area contributed by atoms with Gasteiger partial charge in [0.15, 0.2) is 0 Å². The fraction of sp³-hybridized carbons (Fsp3) is 0.350. The predicted molar refractivity (Wildman–Crippen MR) is 97.2 cm³/mol. The topological polar surface area (TPSA) is 36.4 Å². The smallest absolute Gasteiger partial charge is 0.129 e. The maximum atomic E-state index is 5.09. The van der Waals surface area contributed by atoms with Crippen LogP contribution < -0.4 is 10.6 Å². The number of hydrogen-bond acceptors (Lipinski definition) is 2. The summed E-state index contributed by atoms with van der Waals surface area (Å²) in [6, 6.07) is 19.5. The van der Waals surface area contributed by atoms with Crippen LogP contribution in [0.5, 0.6) is 0 Å². The Morgan fingerprint density at radius 2 is 1.48 bits per heavy atom. The number of anilines is 2. The maximum Gasteiger partial charge on any atom is 0.129 e. The largest absolute Gasteiger partial charge is 0.370 e. The molecule has 1 fully saturated rings. The molecule has 1 aliphatic carbocycles. The molecule has 3 heteroatoms. The lowest BCUT2D eigenvalue weighted by Crippen LogP contribution is -2.33. The van der Waals surface area contributed by atoms with Crippen molar-refractivity contribution in [2.45, 2.75) is 44.2 Å². The molecule has 0 spiro atoms. The molecule has 2 N–H and O–H groups in total. The second-order valence-corrected chi connectivity index (χ2v) is 6.46. The molecular formula is C20H23N3. The van der Waals surface area contributed by atoms with E-state index in [2.05, 4.69) is 65.2 Å². The molecule has 3 nitrogen and oxygen atoms in total. The first kappa shape index (κ1) is 14.3. The van der Waals surface area contributed by atoms with Crippen LogP contribution in [0.2, 0.25) is 0 Å². The summed E-state index contributed by atoms with van der Waals surface area (Å²) in [6.45, 7) is 0. The van der Waals surface area contributed by atoms with Gasteiger partial charge in [-0.25, -0.2) is 0 Å². The van der Waals surface area contributed by atoms with E-state index in [1.54, 1.807) is 0 Å². The minimum absolute atomic E-state index is 0.105. The van der Waals surface area contributed by atoms with Crippen molar-refractivity contribution >= 4 is 17.2 Å². The van der Waals surface area contributed by atoms with Crippen molar-refractivity contribution < 1.29 is 0 Å². The molecule has 1 heterocycles. The van der Waals surface area contributed by atoms with Gasteiger partial charge < -0.3 is 10.6 Å². The highest BCUT2D eigenvalue weighted by Crippen LogP contribution is 2.33. The number of amidine groups is 1. The molecule has 118 valence electrons. The Kier molecular flexibility index (Phi) is 4.01. The third-order valence-electron chi connectivity index (χ3n) is 4.79. The lowest BCUT2D eigenvalue weighted by Gasteiger charge is -2.31. The molecule has 0 saturated heterocycles. The number of nitrogens with zero attached hydrogens (tertiary/aromatic N) is 1. The average Bonchev–Trinajstić information content (AvgIpc) is 2.63. The third kappa shape index (κ3) is 3.09. The van der Waals surface area contributed by atoms with Crippen molar-refractivity contribution in [2.24, 2.45) is 4.99 Å². The van der Waals surface area contributed by atoms with Gasteiger partial charge in [-0.15, -0.1) is 0 Å². The number of hydrogen-bond donors (Lipinski definition) is 2. The summed E-state index contributed by atoms with van der Waals surface area (Å²) >= 11 is 0. The van der Waals surface area contributed by atoms with Gasteiger partial charge >= 0.3 is 0 Å². The first-order chi connectivity index (χ1) is 11.4. The summed E-state index contributed by atoms with van der Waals surface area (Å²) in [4.78, 5) is 5.09. The molecular weight excluding hydrogens is 282 g/mol. The number of rotatable bonds is 2. The molecule has 1 atom stereocenters. The Balaban J connectivity index is 1.69. The van der Waals surface area contributed by atoms with Crippen LogP contribution in [-0.4, -0.2) is 11.9 Å². The molecule has 4 rings (SSSR count). The van der Waals surface area contributed by atoms with Crippen molar-refractivity contribution in [2.75, 3.05) is 10.6 Å². The molecule has 1 saturated carbocycles. The standard InChI is InChI=1S/C20H23N3/c1-3-9-15(10-4-1)19-20(21-16-11-5-2-6-12-16)23-18-14-8-7-13-17(18)22-19/h1,3-4,7-10,13-14,16,19,22H,2,5-6,11-12H2,(H,21,23). The number of fused-ring (bicyclic) bond motifs is 1. The minimum Gasteiger partial charge on any atom is -0.370 e. The summed E-state index contributed by atoms with van der Waals surface area (Å²) in [7, 11) is 0. The van der Waals surface area contributed by atoms with Crippen LogP contribution in [0.1, 0.15) is 43.7 Å². The molecule has 2 aromatic rings. The fourth-order valence-corrected chi connectivity index (χ4v) is 3.55.